The number of benzene rings is 1. The minimum Gasteiger partial charge on any atom is -0.497 e. The fraction of sp³-hybridized carbons (Fsp3) is 0.375. The molecule has 2 aromatic rings. The second-order valence-corrected chi connectivity index (χ2v) is 6.28. The number of ether oxygens (including phenoxy) is 1. The molecule has 0 aliphatic carbocycles. The molecular formula is C16H20ClN3OS. The predicted octanol–water partition coefficient (Wildman–Crippen LogP) is 4.27. The summed E-state index contributed by atoms with van der Waals surface area (Å²) in [7, 11) is 1.66. The Labute approximate surface area is 140 Å². The number of nitrogens with zero attached hydrogens (tertiary/aromatic N) is 2. The lowest BCUT2D eigenvalue weighted by molar-refractivity contribution is 0.414. The standard InChI is InChI=1S/C16H20ClN3OS/c1-10(2)18-15-13(14(17)19-16(20-15)22-4)9-11-5-7-12(21-3)8-6-11/h5-8,10H,9H2,1-4H3,(H,18,19,20). The third kappa shape index (κ3) is 4.27. The fourth-order valence-electron chi connectivity index (χ4n) is 2.03. The Morgan fingerprint density at radius 2 is 1.91 bits per heavy atom. The number of hydrogen-bond acceptors (Lipinski definition) is 5. The summed E-state index contributed by atoms with van der Waals surface area (Å²) in [6.07, 6.45) is 2.61. The SMILES string of the molecule is COc1ccc(Cc2c(Cl)nc(SC)nc2NC(C)C)cc1. The largest absolute Gasteiger partial charge is 0.497 e. The molecule has 0 fully saturated rings. The van der Waals surface area contributed by atoms with Crippen LogP contribution in [0, 0.1) is 0 Å². The van der Waals surface area contributed by atoms with Crippen molar-refractivity contribution in [1.82, 2.24) is 9.97 Å². The van der Waals surface area contributed by atoms with Crippen molar-refractivity contribution < 1.29 is 4.74 Å². The third-order valence-corrected chi connectivity index (χ3v) is 3.94. The van der Waals surface area contributed by atoms with Crippen LogP contribution in [0.25, 0.3) is 0 Å². The number of thioether (sulfide) groups is 1. The van der Waals surface area contributed by atoms with Crippen LogP contribution in [0.5, 0.6) is 5.75 Å². The van der Waals surface area contributed by atoms with E-state index in [-0.39, 0.29) is 6.04 Å². The van der Waals surface area contributed by atoms with Crippen molar-refractivity contribution in [2.45, 2.75) is 31.5 Å². The number of nitrogens with one attached hydrogen (secondary N) is 1. The van der Waals surface area contributed by atoms with E-state index in [9.17, 15) is 0 Å². The van der Waals surface area contributed by atoms with Crippen LogP contribution in [0.4, 0.5) is 5.82 Å². The first-order valence-corrected chi connectivity index (χ1v) is 8.63. The molecule has 1 aromatic heterocycles. The number of methoxy groups -OCH3 is 1. The maximum atomic E-state index is 6.38. The molecule has 0 saturated heterocycles. The molecule has 6 heteroatoms. The van der Waals surface area contributed by atoms with Crippen LogP contribution in [0.15, 0.2) is 29.4 Å². The zero-order valence-corrected chi connectivity index (χ0v) is 14.8. The Bertz CT molecular complexity index is 632. The highest BCUT2D eigenvalue weighted by Gasteiger charge is 2.14. The van der Waals surface area contributed by atoms with E-state index >= 15 is 0 Å². The van der Waals surface area contributed by atoms with Gasteiger partial charge >= 0.3 is 0 Å². The van der Waals surface area contributed by atoms with Crippen LogP contribution >= 0.6 is 23.4 Å². The zero-order chi connectivity index (χ0) is 16.1. The van der Waals surface area contributed by atoms with Crippen LogP contribution in [-0.2, 0) is 6.42 Å². The van der Waals surface area contributed by atoms with Crippen LogP contribution in [0.3, 0.4) is 0 Å². The van der Waals surface area contributed by atoms with Gasteiger partial charge in [-0.25, -0.2) is 9.97 Å². The summed E-state index contributed by atoms with van der Waals surface area (Å²) in [6.45, 7) is 4.15. The average molecular weight is 338 g/mol. The van der Waals surface area contributed by atoms with E-state index in [1.54, 1.807) is 7.11 Å². The van der Waals surface area contributed by atoms with Crippen molar-refractivity contribution in [1.29, 1.82) is 0 Å². The van der Waals surface area contributed by atoms with Gasteiger partial charge in [0.1, 0.15) is 16.7 Å². The van der Waals surface area contributed by atoms with Gasteiger partial charge in [0.05, 0.1) is 7.11 Å². The molecule has 1 N–H and O–H groups in total. The summed E-state index contributed by atoms with van der Waals surface area (Å²) in [4.78, 5) is 8.90. The Morgan fingerprint density at radius 3 is 2.45 bits per heavy atom. The number of anilines is 1. The number of halogens is 1. The third-order valence-electron chi connectivity index (χ3n) is 3.08. The Balaban J connectivity index is 2.34. The normalized spacial score (nSPS) is 10.8. The first-order chi connectivity index (χ1) is 10.5. The first kappa shape index (κ1) is 16.9. The predicted molar refractivity (Wildman–Crippen MR) is 93.4 cm³/mol. The minimum absolute atomic E-state index is 0.273. The van der Waals surface area contributed by atoms with E-state index in [1.165, 1.54) is 11.8 Å². The molecule has 0 unspecified atom stereocenters. The Kier molecular flexibility index (Phi) is 5.91. The average Bonchev–Trinajstić information content (AvgIpc) is 2.50. The summed E-state index contributed by atoms with van der Waals surface area (Å²) in [5.74, 6) is 1.64. The van der Waals surface area contributed by atoms with Gasteiger partial charge in [0.2, 0.25) is 0 Å². The number of hydrogen-bond donors (Lipinski definition) is 1. The topological polar surface area (TPSA) is 47.0 Å². The molecule has 0 radical (unpaired) electrons. The van der Waals surface area contributed by atoms with Crippen molar-refractivity contribution in [2.75, 3.05) is 18.7 Å². The van der Waals surface area contributed by atoms with Gasteiger partial charge in [0.15, 0.2) is 5.16 Å². The number of aromatic nitrogens is 2. The lowest BCUT2D eigenvalue weighted by atomic mass is 10.1. The van der Waals surface area contributed by atoms with E-state index in [0.717, 1.165) is 22.7 Å². The lowest BCUT2D eigenvalue weighted by Gasteiger charge is -2.16. The molecule has 1 heterocycles. The molecule has 4 nitrogen and oxygen atoms in total. The summed E-state index contributed by atoms with van der Waals surface area (Å²) >= 11 is 7.86. The lowest BCUT2D eigenvalue weighted by Crippen LogP contribution is -2.14. The maximum absolute atomic E-state index is 6.38. The second kappa shape index (κ2) is 7.70. The molecule has 2 rings (SSSR count). The van der Waals surface area contributed by atoms with E-state index < -0.39 is 0 Å². The van der Waals surface area contributed by atoms with E-state index in [2.05, 4.69) is 29.1 Å². The van der Waals surface area contributed by atoms with Gasteiger partial charge in [-0.1, -0.05) is 35.5 Å². The van der Waals surface area contributed by atoms with Gasteiger partial charge in [0, 0.05) is 18.0 Å². The highest BCUT2D eigenvalue weighted by molar-refractivity contribution is 7.98. The van der Waals surface area contributed by atoms with E-state index in [1.807, 2.05) is 30.5 Å². The zero-order valence-electron chi connectivity index (χ0n) is 13.2. The smallest absolute Gasteiger partial charge is 0.190 e. The van der Waals surface area contributed by atoms with Gasteiger partial charge in [-0.3, -0.25) is 0 Å². The van der Waals surface area contributed by atoms with Crippen LogP contribution in [0.2, 0.25) is 5.15 Å². The van der Waals surface area contributed by atoms with Gasteiger partial charge < -0.3 is 10.1 Å². The molecule has 0 bridgehead atoms. The molecular weight excluding hydrogens is 318 g/mol. The summed E-state index contributed by atoms with van der Waals surface area (Å²) in [5, 5.41) is 4.53. The molecule has 0 aliphatic heterocycles. The molecule has 1 aromatic carbocycles. The van der Waals surface area contributed by atoms with Gasteiger partial charge in [-0.15, -0.1) is 0 Å². The molecule has 0 aliphatic rings. The number of rotatable bonds is 6. The Morgan fingerprint density at radius 1 is 1.23 bits per heavy atom. The van der Waals surface area contributed by atoms with Crippen molar-refractivity contribution in [2.24, 2.45) is 0 Å². The van der Waals surface area contributed by atoms with E-state index in [4.69, 9.17) is 16.3 Å². The Hall–Kier alpha value is -1.46. The van der Waals surface area contributed by atoms with Crippen molar-refractivity contribution >= 4 is 29.2 Å². The van der Waals surface area contributed by atoms with Crippen LogP contribution in [-0.4, -0.2) is 29.4 Å². The summed E-state index contributed by atoms with van der Waals surface area (Å²) in [6, 6.07) is 8.20. The maximum Gasteiger partial charge on any atom is 0.190 e. The van der Waals surface area contributed by atoms with Crippen LogP contribution in [0.1, 0.15) is 25.0 Å². The van der Waals surface area contributed by atoms with E-state index in [0.29, 0.717) is 16.7 Å². The second-order valence-electron chi connectivity index (χ2n) is 5.15. The van der Waals surface area contributed by atoms with Crippen LogP contribution < -0.4 is 10.1 Å². The molecule has 0 amide bonds. The highest BCUT2D eigenvalue weighted by atomic mass is 35.5. The molecule has 0 spiro atoms. The van der Waals surface area contributed by atoms with Gasteiger partial charge in [-0.05, 0) is 37.8 Å². The molecule has 118 valence electrons. The van der Waals surface area contributed by atoms with Crippen molar-refractivity contribution in [3.63, 3.8) is 0 Å². The van der Waals surface area contributed by atoms with Crippen molar-refractivity contribution in [3.05, 3.63) is 40.5 Å². The quantitative estimate of drug-likeness (QED) is 0.484. The van der Waals surface area contributed by atoms with Gasteiger partial charge in [-0.2, -0.15) is 0 Å². The molecule has 0 atom stereocenters. The summed E-state index contributed by atoms with van der Waals surface area (Å²) in [5.41, 5.74) is 2.05. The summed E-state index contributed by atoms with van der Waals surface area (Å²) < 4.78 is 5.18. The first-order valence-electron chi connectivity index (χ1n) is 7.03. The fourth-order valence-corrected chi connectivity index (χ4v) is 2.68. The molecule has 0 saturated carbocycles. The minimum atomic E-state index is 0.273. The molecule has 22 heavy (non-hydrogen) atoms. The van der Waals surface area contributed by atoms with Gasteiger partial charge in [0.25, 0.3) is 0 Å². The van der Waals surface area contributed by atoms with Crippen molar-refractivity contribution in [3.8, 4) is 5.75 Å². The highest BCUT2D eigenvalue weighted by Crippen LogP contribution is 2.28. The monoisotopic (exact) mass is 337 g/mol.